The second-order valence-electron chi connectivity index (χ2n) is 4.51. The van der Waals surface area contributed by atoms with Crippen molar-refractivity contribution in [3.63, 3.8) is 0 Å². The Labute approximate surface area is 106 Å². The van der Waals surface area contributed by atoms with E-state index in [1.165, 1.54) is 11.1 Å². The first-order valence-corrected chi connectivity index (χ1v) is 5.99. The zero-order chi connectivity index (χ0) is 12.5. The normalized spacial score (nSPS) is 13.1. The summed E-state index contributed by atoms with van der Waals surface area (Å²) in [5.41, 5.74) is 5.13. The number of hydrogen-bond donors (Lipinski definition) is 2. The second-order valence-corrected chi connectivity index (χ2v) is 4.51. The van der Waals surface area contributed by atoms with Crippen molar-refractivity contribution in [3.8, 4) is 0 Å². The highest BCUT2D eigenvalue weighted by Gasteiger charge is 2.20. The Kier molecular flexibility index (Phi) is 2.78. The van der Waals surface area contributed by atoms with Crippen LogP contribution in [-0.2, 0) is 6.42 Å². The molecule has 2 nitrogen and oxygen atoms in total. The molecule has 1 aliphatic rings. The number of rotatable bonds is 2. The lowest BCUT2D eigenvalue weighted by Gasteiger charge is -2.09. The average molecular weight is 236 g/mol. The van der Waals surface area contributed by atoms with Crippen LogP contribution < -0.4 is 5.46 Å². The molecular formula is C15H13BO2. The van der Waals surface area contributed by atoms with Crippen LogP contribution in [0.4, 0.5) is 0 Å². The van der Waals surface area contributed by atoms with Crippen LogP contribution in [0.5, 0.6) is 0 Å². The molecular weight excluding hydrogens is 223 g/mol. The smallest absolute Gasteiger partial charge is 0.423 e. The Hall–Kier alpha value is -1.84. The van der Waals surface area contributed by atoms with Crippen LogP contribution in [0.15, 0.2) is 48.5 Å². The highest BCUT2D eigenvalue weighted by molar-refractivity contribution is 6.59. The summed E-state index contributed by atoms with van der Waals surface area (Å²) in [5, 5.41) is 18.8. The first kappa shape index (κ1) is 11.3. The van der Waals surface area contributed by atoms with E-state index in [0.717, 1.165) is 17.6 Å². The van der Waals surface area contributed by atoms with Crippen molar-refractivity contribution in [1.29, 1.82) is 0 Å². The van der Waals surface area contributed by atoms with Gasteiger partial charge in [0.05, 0.1) is 0 Å². The van der Waals surface area contributed by atoms with Crippen molar-refractivity contribution < 1.29 is 10.0 Å². The number of benzene rings is 2. The second kappa shape index (κ2) is 4.44. The zero-order valence-electron chi connectivity index (χ0n) is 9.88. The third kappa shape index (κ3) is 1.88. The van der Waals surface area contributed by atoms with Crippen molar-refractivity contribution in [3.05, 3.63) is 65.2 Å². The SMILES string of the molecule is OB(O)c1ccccc1C1=Cc2ccccc2C1. The van der Waals surface area contributed by atoms with Gasteiger partial charge in [0.2, 0.25) is 0 Å². The van der Waals surface area contributed by atoms with E-state index in [-0.39, 0.29) is 0 Å². The fourth-order valence-corrected chi connectivity index (χ4v) is 2.47. The standard InChI is InChI=1S/C15H13BO2/c17-16(18)15-8-4-3-7-14(15)13-9-11-5-1-2-6-12(11)10-13/h1-9,17-18H,10H2. The molecule has 0 heterocycles. The van der Waals surface area contributed by atoms with Gasteiger partial charge in [-0.2, -0.15) is 0 Å². The minimum Gasteiger partial charge on any atom is -0.423 e. The van der Waals surface area contributed by atoms with Gasteiger partial charge in [-0.25, -0.2) is 0 Å². The molecule has 0 fully saturated rings. The molecule has 1 aliphatic carbocycles. The number of allylic oxidation sites excluding steroid dienone is 1. The van der Waals surface area contributed by atoms with Crippen molar-refractivity contribution in [1.82, 2.24) is 0 Å². The lowest BCUT2D eigenvalue weighted by Crippen LogP contribution is -2.32. The van der Waals surface area contributed by atoms with E-state index < -0.39 is 7.12 Å². The van der Waals surface area contributed by atoms with Crippen LogP contribution in [0.3, 0.4) is 0 Å². The predicted molar refractivity (Wildman–Crippen MR) is 74.3 cm³/mol. The van der Waals surface area contributed by atoms with E-state index in [0.29, 0.717) is 5.46 Å². The molecule has 3 rings (SSSR count). The first-order chi connectivity index (χ1) is 8.75. The molecule has 2 N–H and O–H groups in total. The molecule has 0 bridgehead atoms. The molecule has 0 atom stereocenters. The van der Waals surface area contributed by atoms with Gasteiger partial charge in [0.25, 0.3) is 0 Å². The topological polar surface area (TPSA) is 40.5 Å². The maximum absolute atomic E-state index is 9.41. The summed E-state index contributed by atoms with van der Waals surface area (Å²) in [4.78, 5) is 0. The van der Waals surface area contributed by atoms with Crippen LogP contribution in [0.25, 0.3) is 11.6 Å². The first-order valence-electron chi connectivity index (χ1n) is 5.99. The van der Waals surface area contributed by atoms with E-state index in [9.17, 15) is 10.0 Å². The lowest BCUT2D eigenvalue weighted by molar-refractivity contribution is 0.425. The fraction of sp³-hybridized carbons (Fsp3) is 0.0667. The summed E-state index contributed by atoms with van der Waals surface area (Å²) in [7, 11) is -1.43. The van der Waals surface area contributed by atoms with E-state index in [2.05, 4.69) is 18.2 Å². The van der Waals surface area contributed by atoms with Crippen LogP contribution in [-0.4, -0.2) is 17.2 Å². The van der Waals surface area contributed by atoms with Crippen LogP contribution >= 0.6 is 0 Å². The van der Waals surface area contributed by atoms with Gasteiger partial charge in [0, 0.05) is 0 Å². The molecule has 2 aromatic carbocycles. The van der Waals surface area contributed by atoms with Crippen LogP contribution in [0, 0.1) is 0 Å². The maximum atomic E-state index is 9.41. The average Bonchev–Trinajstić information content (AvgIpc) is 2.82. The van der Waals surface area contributed by atoms with Crippen molar-refractivity contribution >= 4 is 24.2 Å². The van der Waals surface area contributed by atoms with Gasteiger partial charge in [-0.3, -0.25) is 0 Å². The molecule has 3 heteroatoms. The molecule has 18 heavy (non-hydrogen) atoms. The van der Waals surface area contributed by atoms with Gasteiger partial charge in [0.1, 0.15) is 0 Å². The summed E-state index contributed by atoms with van der Waals surface area (Å²) >= 11 is 0. The van der Waals surface area contributed by atoms with Gasteiger partial charge in [0.15, 0.2) is 0 Å². The molecule has 0 unspecified atom stereocenters. The summed E-state index contributed by atoms with van der Waals surface area (Å²) < 4.78 is 0. The third-order valence-corrected chi connectivity index (χ3v) is 3.35. The molecule has 0 aromatic heterocycles. The Balaban J connectivity index is 2.05. The monoisotopic (exact) mass is 236 g/mol. The van der Waals surface area contributed by atoms with Crippen molar-refractivity contribution in [2.24, 2.45) is 0 Å². The Morgan fingerprint density at radius 1 is 0.889 bits per heavy atom. The summed E-state index contributed by atoms with van der Waals surface area (Å²) in [6, 6.07) is 15.7. The minimum absolute atomic E-state index is 0.566. The highest BCUT2D eigenvalue weighted by atomic mass is 16.4. The van der Waals surface area contributed by atoms with Gasteiger partial charge < -0.3 is 10.0 Å². The van der Waals surface area contributed by atoms with Gasteiger partial charge in [-0.1, -0.05) is 54.6 Å². The summed E-state index contributed by atoms with van der Waals surface area (Å²) in [6.45, 7) is 0. The largest absolute Gasteiger partial charge is 0.489 e. The van der Waals surface area contributed by atoms with E-state index in [1.54, 1.807) is 6.07 Å². The van der Waals surface area contributed by atoms with Gasteiger partial charge in [-0.05, 0) is 34.1 Å². The molecule has 0 saturated heterocycles. The van der Waals surface area contributed by atoms with Crippen LogP contribution in [0.1, 0.15) is 16.7 Å². The molecule has 88 valence electrons. The molecule has 0 saturated carbocycles. The van der Waals surface area contributed by atoms with E-state index in [4.69, 9.17) is 0 Å². The van der Waals surface area contributed by atoms with E-state index >= 15 is 0 Å². The van der Waals surface area contributed by atoms with Gasteiger partial charge in [-0.15, -0.1) is 0 Å². The molecule has 0 radical (unpaired) electrons. The molecule has 0 amide bonds. The number of hydrogen-bond acceptors (Lipinski definition) is 2. The quantitative estimate of drug-likeness (QED) is 0.775. The Morgan fingerprint density at radius 3 is 2.39 bits per heavy atom. The number of fused-ring (bicyclic) bond motifs is 1. The van der Waals surface area contributed by atoms with Crippen LogP contribution in [0.2, 0.25) is 0 Å². The Morgan fingerprint density at radius 2 is 1.61 bits per heavy atom. The van der Waals surface area contributed by atoms with Gasteiger partial charge >= 0.3 is 7.12 Å². The Bertz CT molecular complexity index is 617. The summed E-state index contributed by atoms with van der Waals surface area (Å²) in [6.07, 6.45) is 2.97. The highest BCUT2D eigenvalue weighted by Crippen LogP contribution is 2.30. The van der Waals surface area contributed by atoms with Crippen molar-refractivity contribution in [2.45, 2.75) is 6.42 Å². The third-order valence-electron chi connectivity index (χ3n) is 3.35. The summed E-state index contributed by atoms with van der Waals surface area (Å²) in [5.74, 6) is 0. The minimum atomic E-state index is -1.43. The zero-order valence-corrected chi connectivity index (χ0v) is 9.88. The fourth-order valence-electron chi connectivity index (χ4n) is 2.47. The predicted octanol–water partition coefficient (Wildman–Crippen LogP) is 1.46. The molecule has 2 aromatic rings. The lowest BCUT2D eigenvalue weighted by atomic mass is 9.75. The van der Waals surface area contributed by atoms with Crippen molar-refractivity contribution in [2.75, 3.05) is 0 Å². The molecule has 0 aliphatic heterocycles. The molecule has 0 spiro atoms. The van der Waals surface area contributed by atoms with E-state index in [1.807, 2.05) is 30.3 Å². The maximum Gasteiger partial charge on any atom is 0.489 e.